The van der Waals surface area contributed by atoms with Crippen molar-refractivity contribution in [1.82, 2.24) is 9.55 Å². The standard InChI is InChI=1S/C19H18N4.C2HF3O2/c20-18-13-17(16-9-5-2-6-10-16)23-12-11-22(19(23)21-18)14-15-7-3-1-4-8-15;3-2(4,5)1(6)7/h1-10,13,20H,11-12,14H2;(H,6,7). The van der Waals surface area contributed by atoms with Gasteiger partial charge in [-0.2, -0.15) is 18.2 Å². The number of carbonyl (C=O) groups is 1. The molecule has 0 atom stereocenters. The number of hydrogen-bond acceptors (Lipinski definition) is 4. The molecular weight excluding hydrogens is 397 g/mol. The maximum absolute atomic E-state index is 10.6. The summed E-state index contributed by atoms with van der Waals surface area (Å²) in [4.78, 5) is 15.6. The SMILES string of the molecule is N=c1cc(-c2ccccc2)n2c(n1)N(Cc1ccccc1)CC2.O=C(O)C(F)(F)F. The predicted octanol–water partition coefficient (Wildman–Crippen LogP) is 3.68. The summed E-state index contributed by atoms with van der Waals surface area (Å²) >= 11 is 0. The highest BCUT2D eigenvalue weighted by Gasteiger charge is 2.38. The van der Waals surface area contributed by atoms with Crippen molar-refractivity contribution in [3.63, 3.8) is 0 Å². The van der Waals surface area contributed by atoms with E-state index in [1.807, 2.05) is 30.3 Å². The van der Waals surface area contributed by atoms with Gasteiger partial charge in [0.05, 0.1) is 5.69 Å². The Labute approximate surface area is 170 Å². The van der Waals surface area contributed by atoms with Gasteiger partial charge in [0, 0.05) is 25.7 Å². The lowest BCUT2D eigenvalue weighted by atomic mass is 10.1. The highest BCUT2D eigenvalue weighted by Crippen LogP contribution is 2.27. The van der Waals surface area contributed by atoms with E-state index in [9.17, 15) is 13.2 Å². The first-order chi connectivity index (χ1) is 14.3. The summed E-state index contributed by atoms with van der Waals surface area (Å²) in [6.45, 7) is 2.65. The molecule has 0 bridgehead atoms. The van der Waals surface area contributed by atoms with Gasteiger partial charge in [0.15, 0.2) is 5.49 Å². The summed E-state index contributed by atoms with van der Waals surface area (Å²) in [6, 6.07) is 22.5. The van der Waals surface area contributed by atoms with Crippen LogP contribution in [-0.2, 0) is 17.9 Å². The maximum Gasteiger partial charge on any atom is 0.490 e. The zero-order chi connectivity index (χ0) is 21.7. The minimum absolute atomic E-state index is 0.315. The number of alkyl halides is 3. The molecule has 0 saturated carbocycles. The molecule has 3 aromatic rings. The number of aliphatic carboxylic acids is 1. The Morgan fingerprint density at radius 3 is 2.17 bits per heavy atom. The molecule has 1 aliphatic heterocycles. The van der Waals surface area contributed by atoms with Gasteiger partial charge in [-0.05, 0) is 11.1 Å². The third kappa shape index (κ3) is 5.05. The smallest absolute Gasteiger partial charge is 0.475 e. The van der Waals surface area contributed by atoms with Crippen molar-refractivity contribution in [2.45, 2.75) is 19.3 Å². The van der Waals surface area contributed by atoms with Gasteiger partial charge in [0.1, 0.15) is 0 Å². The van der Waals surface area contributed by atoms with E-state index in [4.69, 9.17) is 15.3 Å². The fourth-order valence-corrected chi connectivity index (χ4v) is 3.10. The van der Waals surface area contributed by atoms with Crippen LogP contribution >= 0.6 is 0 Å². The van der Waals surface area contributed by atoms with Crippen molar-refractivity contribution in [2.24, 2.45) is 0 Å². The average Bonchev–Trinajstić information content (AvgIpc) is 3.11. The lowest BCUT2D eigenvalue weighted by Crippen LogP contribution is -2.23. The second-order valence-electron chi connectivity index (χ2n) is 6.55. The first kappa shape index (κ1) is 21.1. The van der Waals surface area contributed by atoms with Gasteiger partial charge in [-0.15, -0.1) is 0 Å². The van der Waals surface area contributed by atoms with Gasteiger partial charge in [-0.3, -0.25) is 5.41 Å². The molecule has 2 aromatic carbocycles. The van der Waals surface area contributed by atoms with E-state index in [0.29, 0.717) is 5.49 Å². The quantitative estimate of drug-likeness (QED) is 0.683. The number of rotatable bonds is 3. The number of halogens is 3. The van der Waals surface area contributed by atoms with Crippen LogP contribution in [0.25, 0.3) is 11.3 Å². The third-order valence-electron chi connectivity index (χ3n) is 4.43. The van der Waals surface area contributed by atoms with E-state index in [1.165, 1.54) is 5.56 Å². The Kier molecular flexibility index (Phi) is 6.20. The van der Waals surface area contributed by atoms with Crippen molar-refractivity contribution in [1.29, 1.82) is 5.41 Å². The number of nitrogens with zero attached hydrogens (tertiary/aromatic N) is 3. The summed E-state index contributed by atoms with van der Waals surface area (Å²) in [6.07, 6.45) is -5.08. The van der Waals surface area contributed by atoms with Crippen LogP contribution in [0.15, 0.2) is 66.7 Å². The Morgan fingerprint density at radius 2 is 1.60 bits per heavy atom. The average molecular weight is 416 g/mol. The molecule has 0 amide bonds. The molecular formula is C21H19F3N4O2. The first-order valence-electron chi connectivity index (χ1n) is 9.06. The molecule has 1 aromatic heterocycles. The highest BCUT2D eigenvalue weighted by atomic mass is 19.4. The van der Waals surface area contributed by atoms with Crippen molar-refractivity contribution in [3.8, 4) is 11.3 Å². The summed E-state index contributed by atoms with van der Waals surface area (Å²) < 4.78 is 34.0. The van der Waals surface area contributed by atoms with Crippen LogP contribution in [0.4, 0.5) is 19.1 Å². The molecule has 0 saturated heterocycles. The van der Waals surface area contributed by atoms with Gasteiger partial charge in [-0.25, -0.2) is 4.79 Å². The lowest BCUT2D eigenvalue weighted by molar-refractivity contribution is -0.192. The molecule has 0 unspecified atom stereocenters. The lowest BCUT2D eigenvalue weighted by Gasteiger charge is -2.18. The van der Waals surface area contributed by atoms with Crippen LogP contribution in [0.1, 0.15) is 5.56 Å². The second kappa shape index (κ2) is 8.81. The topological polar surface area (TPSA) is 82.2 Å². The number of hydrogen-bond donors (Lipinski definition) is 2. The van der Waals surface area contributed by atoms with E-state index in [-0.39, 0.29) is 0 Å². The van der Waals surface area contributed by atoms with E-state index < -0.39 is 12.1 Å². The van der Waals surface area contributed by atoms with Crippen molar-refractivity contribution in [2.75, 3.05) is 11.4 Å². The van der Waals surface area contributed by atoms with Gasteiger partial charge in [0.25, 0.3) is 0 Å². The minimum Gasteiger partial charge on any atom is -0.475 e. The first-order valence-corrected chi connectivity index (χ1v) is 9.06. The molecule has 156 valence electrons. The van der Waals surface area contributed by atoms with Gasteiger partial charge in [-0.1, -0.05) is 60.7 Å². The predicted molar refractivity (Wildman–Crippen MR) is 105 cm³/mol. The molecule has 30 heavy (non-hydrogen) atoms. The molecule has 0 aliphatic carbocycles. The zero-order valence-corrected chi connectivity index (χ0v) is 15.8. The largest absolute Gasteiger partial charge is 0.490 e. The number of aromatic nitrogens is 2. The molecule has 0 radical (unpaired) electrons. The fraction of sp³-hybridized carbons (Fsp3) is 0.190. The summed E-state index contributed by atoms with van der Waals surface area (Å²) in [5.41, 5.74) is 3.77. The van der Waals surface area contributed by atoms with Crippen molar-refractivity contribution >= 4 is 11.9 Å². The summed E-state index contributed by atoms with van der Waals surface area (Å²) in [7, 11) is 0. The van der Waals surface area contributed by atoms with E-state index in [1.54, 1.807) is 0 Å². The number of benzene rings is 2. The van der Waals surface area contributed by atoms with E-state index >= 15 is 0 Å². The number of anilines is 1. The molecule has 9 heteroatoms. The third-order valence-corrected chi connectivity index (χ3v) is 4.43. The maximum atomic E-state index is 10.6. The summed E-state index contributed by atoms with van der Waals surface area (Å²) in [5, 5.41) is 15.2. The summed E-state index contributed by atoms with van der Waals surface area (Å²) in [5.74, 6) is -1.87. The van der Waals surface area contributed by atoms with E-state index in [0.717, 1.165) is 36.8 Å². The Balaban J connectivity index is 0.000000318. The number of carboxylic acid groups (broad SMARTS) is 1. The van der Waals surface area contributed by atoms with Gasteiger partial charge >= 0.3 is 12.1 Å². The molecule has 4 rings (SSSR count). The van der Waals surface area contributed by atoms with Crippen LogP contribution in [0, 0.1) is 5.41 Å². The van der Waals surface area contributed by atoms with Gasteiger partial charge < -0.3 is 14.6 Å². The zero-order valence-electron chi connectivity index (χ0n) is 15.8. The van der Waals surface area contributed by atoms with E-state index in [2.05, 4.69) is 50.8 Å². The highest BCUT2D eigenvalue weighted by molar-refractivity contribution is 5.73. The molecule has 2 heterocycles. The Morgan fingerprint density at radius 1 is 1.03 bits per heavy atom. The second-order valence-corrected chi connectivity index (χ2v) is 6.55. The molecule has 2 N–H and O–H groups in total. The van der Waals surface area contributed by atoms with Crippen LogP contribution < -0.4 is 10.4 Å². The van der Waals surface area contributed by atoms with Crippen molar-refractivity contribution in [3.05, 3.63) is 77.8 Å². The normalized spacial score (nSPS) is 12.7. The molecule has 0 spiro atoms. The van der Waals surface area contributed by atoms with Crippen LogP contribution in [0.5, 0.6) is 0 Å². The molecule has 6 nitrogen and oxygen atoms in total. The molecule has 1 aliphatic rings. The van der Waals surface area contributed by atoms with Crippen LogP contribution in [0.2, 0.25) is 0 Å². The van der Waals surface area contributed by atoms with Crippen molar-refractivity contribution < 1.29 is 23.1 Å². The molecule has 0 fully saturated rings. The minimum atomic E-state index is -5.08. The number of fused-ring (bicyclic) bond motifs is 1. The fourth-order valence-electron chi connectivity index (χ4n) is 3.10. The number of nitrogens with one attached hydrogen (secondary N) is 1. The van der Waals surface area contributed by atoms with Crippen LogP contribution in [0.3, 0.4) is 0 Å². The van der Waals surface area contributed by atoms with Gasteiger partial charge in [0.2, 0.25) is 5.95 Å². The monoisotopic (exact) mass is 416 g/mol. The Bertz CT molecular complexity index is 1070. The number of carboxylic acids is 1. The Hall–Kier alpha value is -3.62. The van der Waals surface area contributed by atoms with Crippen LogP contribution in [-0.4, -0.2) is 33.3 Å².